The van der Waals surface area contributed by atoms with Crippen LogP contribution in [-0.2, 0) is 10.0 Å². The third-order valence-electron chi connectivity index (χ3n) is 2.63. The van der Waals surface area contributed by atoms with Crippen LogP contribution in [0.5, 0.6) is 0 Å². The molecule has 0 radical (unpaired) electrons. The summed E-state index contributed by atoms with van der Waals surface area (Å²) >= 11 is 1.14. The highest BCUT2D eigenvalue weighted by Crippen LogP contribution is 2.22. The Morgan fingerprint density at radius 3 is 2.70 bits per heavy atom. The monoisotopic (exact) mass is 307 g/mol. The van der Waals surface area contributed by atoms with Gasteiger partial charge in [0, 0.05) is 17.1 Å². The van der Waals surface area contributed by atoms with E-state index in [4.69, 9.17) is 4.42 Å². The van der Waals surface area contributed by atoms with Gasteiger partial charge in [-0.1, -0.05) is 6.07 Å². The fourth-order valence-electron chi connectivity index (χ4n) is 1.76. The van der Waals surface area contributed by atoms with Crippen molar-refractivity contribution in [2.24, 2.45) is 0 Å². The number of anilines is 1. The number of benzene rings is 1. The lowest BCUT2D eigenvalue weighted by atomic mass is 10.2. The van der Waals surface area contributed by atoms with Gasteiger partial charge in [0.05, 0.1) is 0 Å². The lowest BCUT2D eigenvalue weighted by Crippen LogP contribution is -2.11. The summed E-state index contributed by atoms with van der Waals surface area (Å²) < 4.78 is 31.9. The highest BCUT2D eigenvalue weighted by molar-refractivity contribution is 7.94. The molecular weight excluding hydrogens is 298 g/mol. The zero-order valence-electron chi connectivity index (χ0n) is 10.1. The number of sulfonamides is 1. The third-order valence-corrected chi connectivity index (χ3v) is 5.41. The number of hydrogen-bond acceptors (Lipinski definition) is 5. The first-order valence-corrected chi connectivity index (χ1v) is 8.01. The van der Waals surface area contributed by atoms with Crippen molar-refractivity contribution in [1.82, 2.24) is 0 Å². The second kappa shape index (κ2) is 4.77. The van der Waals surface area contributed by atoms with E-state index >= 15 is 0 Å². The number of hydrogen-bond donors (Lipinski definition) is 1. The molecule has 5 nitrogen and oxygen atoms in total. The zero-order valence-corrected chi connectivity index (χ0v) is 11.7. The quantitative estimate of drug-likeness (QED) is 0.755. The van der Waals surface area contributed by atoms with Crippen LogP contribution in [-0.4, -0.2) is 8.42 Å². The molecule has 0 fully saturated rings. The molecule has 0 aliphatic carbocycles. The normalized spacial score (nSPS) is 11.6. The van der Waals surface area contributed by atoms with Gasteiger partial charge in [-0.2, -0.15) is 0 Å². The summed E-state index contributed by atoms with van der Waals surface area (Å²) in [5.74, 6) is 0. The third kappa shape index (κ3) is 2.45. The molecule has 3 aromatic rings. The van der Waals surface area contributed by atoms with Crippen molar-refractivity contribution in [1.29, 1.82) is 0 Å². The zero-order chi connectivity index (χ0) is 14.2. The van der Waals surface area contributed by atoms with E-state index < -0.39 is 15.6 Å². The minimum absolute atomic E-state index is 0.247. The fourth-order valence-corrected chi connectivity index (χ4v) is 3.80. The van der Waals surface area contributed by atoms with Crippen molar-refractivity contribution in [3.05, 3.63) is 58.3 Å². The summed E-state index contributed by atoms with van der Waals surface area (Å²) in [5.41, 5.74) is 0.390. The smallest absolute Gasteiger partial charge is 0.336 e. The second-order valence-electron chi connectivity index (χ2n) is 4.04. The van der Waals surface area contributed by atoms with Gasteiger partial charge in [-0.05, 0) is 35.7 Å². The molecular formula is C13H9NO4S2. The van der Waals surface area contributed by atoms with Crippen molar-refractivity contribution in [3.8, 4) is 0 Å². The predicted octanol–water partition coefficient (Wildman–Crippen LogP) is 2.66. The first-order valence-electron chi connectivity index (χ1n) is 5.65. The highest BCUT2D eigenvalue weighted by Gasteiger charge is 2.15. The molecule has 7 heteroatoms. The van der Waals surface area contributed by atoms with E-state index in [1.54, 1.807) is 35.7 Å². The van der Waals surface area contributed by atoms with E-state index in [2.05, 4.69) is 4.72 Å². The molecule has 0 aliphatic rings. The molecule has 2 heterocycles. The Bertz CT molecular complexity index is 911. The van der Waals surface area contributed by atoms with Gasteiger partial charge in [0.25, 0.3) is 10.0 Å². The van der Waals surface area contributed by atoms with Crippen LogP contribution in [0, 0.1) is 0 Å². The Morgan fingerprint density at radius 1 is 1.10 bits per heavy atom. The van der Waals surface area contributed by atoms with Crippen LogP contribution in [0.1, 0.15) is 0 Å². The number of rotatable bonds is 3. The largest absolute Gasteiger partial charge is 0.423 e. The average Bonchev–Trinajstić information content (AvgIpc) is 2.93. The molecule has 3 rings (SSSR count). The van der Waals surface area contributed by atoms with Gasteiger partial charge < -0.3 is 4.42 Å². The van der Waals surface area contributed by atoms with E-state index in [0.29, 0.717) is 16.7 Å². The molecule has 0 aliphatic heterocycles. The number of nitrogens with one attached hydrogen (secondary N) is 1. The summed E-state index contributed by atoms with van der Waals surface area (Å²) in [6.45, 7) is 0. The maximum atomic E-state index is 12.1. The fraction of sp³-hybridized carbons (Fsp3) is 0. The average molecular weight is 307 g/mol. The minimum Gasteiger partial charge on any atom is -0.423 e. The van der Waals surface area contributed by atoms with Gasteiger partial charge in [-0.3, -0.25) is 4.72 Å². The van der Waals surface area contributed by atoms with Gasteiger partial charge in [0.1, 0.15) is 9.79 Å². The molecule has 102 valence electrons. The molecule has 0 saturated heterocycles. The molecule has 0 unspecified atom stereocenters. The molecule has 0 saturated carbocycles. The maximum Gasteiger partial charge on any atom is 0.336 e. The van der Waals surface area contributed by atoms with E-state index in [1.165, 1.54) is 12.1 Å². The molecule has 2 aromatic heterocycles. The molecule has 20 heavy (non-hydrogen) atoms. The van der Waals surface area contributed by atoms with Crippen molar-refractivity contribution in [3.63, 3.8) is 0 Å². The Labute approximate surface area is 118 Å². The van der Waals surface area contributed by atoms with E-state index in [0.717, 1.165) is 11.3 Å². The van der Waals surface area contributed by atoms with Crippen LogP contribution < -0.4 is 10.3 Å². The second-order valence-corrected chi connectivity index (χ2v) is 6.90. The van der Waals surface area contributed by atoms with Crippen molar-refractivity contribution < 1.29 is 12.8 Å². The Morgan fingerprint density at radius 2 is 1.95 bits per heavy atom. The predicted molar refractivity (Wildman–Crippen MR) is 77.6 cm³/mol. The summed E-state index contributed by atoms with van der Waals surface area (Å²) in [6, 6.07) is 10.8. The van der Waals surface area contributed by atoms with Crippen molar-refractivity contribution in [2.75, 3.05) is 4.72 Å². The van der Waals surface area contributed by atoms with Crippen LogP contribution in [0.15, 0.2) is 61.3 Å². The lowest BCUT2D eigenvalue weighted by molar-refractivity contribution is 0.561. The summed E-state index contributed by atoms with van der Waals surface area (Å²) in [7, 11) is -3.57. The molecule has 0 bridgehead atoms. The Hall–Kier alpha value is -2.12. The van der Waals surface area contributed by atoms with Crippen LogP contribution in [0.4, 0.5) is 5.69 Å². The first kappa shape index (κ1) is 12.9. The van der Waals surface area contributed by atoms with Crippen LogP contribution in [0.2, 0.25) is 0 Å². The SMILES string of the molecule is O=c1ccc2cc(NS(=O)(=O)c3cccs3)ccc2o1. The summed E-state index contributed by atoms with van der Waals surface area (Å²) in [5, 5.41) is 2.35. The summed E-state index contributed by atoms with van der Waals surface area (Å²) in [4.78, 5) is 11.1. The van der Waals surface area contributed by atoms with Gasteiger partial charge in [0.2, 0.25) is 0 Å². The highest BCUT2D eigenvalue weighted by atomic mass is 32.2. The van der Waals surface area contributed by atoms with Gasteiger partial charge in [-0.25, -0.2) is 13.2 Å². The number of thiophene rings is 1. The van der Waals surface area contributed by atoms with Crippen molar-refractivity contribution >= 4 is 38.0 Å². The molecule has 0 amide bonds. The molecule has 1 N–H and O–H groups in total. The topological polar surface area (TPSA) is 76.4 Å². The van der Waals surface area contributed by atoms with Gasteiger partial charge in [0.15, 0.2) is 0 Å². The van der Waals surface area contributed by atoms with Crippen molar-refractivity contribution in [2.45, 2.75) is 4.21 Å². The standard InChI is InChI=1S/C13H9NO4S2/c15-12-6-3-9-8-10(4-5-11(9)18-12)14-20(16,17)13-2-1-7-19-13/h1-8,14H. The van der Waals surface area contributed by atoms with Crippen LogP contribution in [0.25, 0.3) is 11.0 Å². The van der Waals surface area contributed by atoms with E-state index in [-0.39, 0.29) is 4.21 Å². The number of fused-ring (bicyclic) bond motifs is 1. The first-order chi connectivity index (χ1) is 9.54. The van der Waals surface area contributed by atoms with Gasteiger partial charge >= 0.3 is 5.63 Å². The van der Waals surface area contributed by atoms with Gasteiger partial charge in [-0.15, -0.1) is 11.3 Å². The molecule has 0 atom stereocenters. The van der Waals surface area contributed by atoms with Crippen LogP contribution in [0.3, 0.4) is 0 Å². The maximum absolute atomic E-state index is 12.1. The lowest BCUT2D eigenvalue weighted by Gasteiger charge is -2.06. The molecule has 0 spiro atoms. The molecule has 1 aromatic carbocycles. The van der Waals surface area contributed by atoms with Crippen LogP contribution >= 0.6 is 11.3 Å². The summed E-state index contributed by atoms with van der Waals surface area (Å²) in [6.07, 6.45) is 0. The Kier molecular flexibility index (Phi) is 3.07. The minimum atomic E-state index is -3.57. The Balaban J connectivity index is 2.00. The van der Waals surface area contributed by atoms with E-state index in [9.17, 15) is 13.2 Å². The van der Waals surface area contributed by atoms with E-state index in [1.807, 2.05) is 0 Å².